The Morgan fingerprint density at radius 3 is 1.27 bits per heavy atom. The molecule has 0 aliphatic rings. The summed E-state index contributed by atoms with van der Waals surface area (Å²) in [5.74, 6) is 0. The minimum Gasteiger partial charge on any atom is -0.456 e. The number of hydrogen-bond donors (Lipinski definition) is 0. The first-order chi connectivity index (χ1) is 27.3. The van der Waals surface area contributed by atoms with Crippen LogP contribution in [0.15, 0.2) is 211 Å². The maximum absolute atomic E-state index is 6.34. The van der Waals surface area contributed by atoms with Crippen molar-refractivity contribution in [2.75, 3.05) is 0 Å². The van der Waals surface area contributed by atoms with E-state index in [0.29, 0.717) is 0 Å². The van der Waals surface area contributed by atoms with Gasteiger partial charge in [0.15, 0.2) is 0 Å². The summed E-state index contributed by atoms with van der Waals surface area (Å²) in [6.07, 6.45) is 0. The average Bonchev–Trinajstić information content (AvgIpc) is 3.64. The van der Waals surface area contributed by atoms with Gasteiger partial charge in [0.1, 0.15) is 11.2 Å². The van der Waals surface area contributed by atoms with Crippen molar-refractivity contribution in [1.82, 2.24) is 0 Å². The molecule has 0 saturated carbocycles. The van der Waals surface area contributed by atoms with Gasteiger partial charge in [-0.15, -0.1) is 0 Å². The molecule has 256 valence electrons. The summed E-state index contributed by atoms with van der Waals surface area (Å²) < 4.78 is 6.34. The van der Waals surface area contributed by atoms with E-state index in [1.807, 2.05) is 12.1 Å². The number of benzene rings is 10. The second-order valence-electron chi connectivity index (χ2n) is 14.3. The molecule has 0 saturated heterocycles. The first-order valence-electron chi connectivity index (χ1n) is 18.9. The highest BCUT2D eigenvalue weighted by atomic mass is 16.3. The standard InChI is InChI=1S/C54H34O/c1-3-16-35(17-4-1)39-27-15-28-40(36-18-5-2-6-19-36)53(39)54-47-25-11-9-23-45(47)52(46-24-10-12-26-48(46)54)49-33-32-38(41-20-7-8-21-42(41)49)37-30-31-44-43-22-13-14-29-50(43)55-51(44)34-37/h1-34H. The zero-order chi connectivity index (χ0) is 36.3. The van der Waals surface area contributed by atoms with Crippen LogP contribution in [-0.4, -0.2) is 0 Å². The lowest BCUT2D eigenvalue weighted by Gasteiger charge is -2.23. The third-order valence-corrected chi connectivity index (χ3v) is 11.3. The maximum atomic E-state index is 6.34. The molecule has 1 heterocycles. The van der Waals surface area contributed by atoms with Crippen LogP contribution in [0.1, 0.15) is 0 Å². The molecule has 0 aliphatic heterocycles. The fourth-order valence-corrected chi connectivity index (χ4v) is 8.89. The predicted octanol–water partition coefficient (Wildman–Crippen LogP) is 15.4. The molecule has 0 amide bonds. The van der Waals surface area contributed by atoms with Gasteiger partial charge in [-0.25, -0.2) is 0 Å². The normalized spacial score (nSPS) is 11.6. The van der Waals surface area contributed by atoms with Gasteiger partial charge in [0, 0.05) is 10.8 Å². The first kappa shape index (κ1) is 31.3. The van der Waals surface area contributed by atoms with Crippen LogP contribution in [0.5, 0.6) is 0 Å². The SMILES string of the molecule is c1ccc(-c2cccc(-c3ccccc3)c2-c2c3ccccc3c(-c3ccc(-c4ccc5c(c4)oc4ccccc45)c4ccccc34)c3ccccc23)cc1. The minimum absolute atomic E-state index is 0.907. The van der Waals surface area contributed by atoms with Crippen LogP contribution >= 0.6 is 0 Å². The van der Waals surface area contributed by atoms with E-state index in [4.69, 9.17) is 4.42 Å². The summed E-state index contributed by atoms with van der Waals surface area (Å²) >= 11 is 0. The lowest BCUT2D eigenvalue weighted by molar-refractivity contribution is 0.669. The second kappa shape index (κ2) is 12.7. The summed E-state index contributed by atoms with van der Waals surface area (Å²) in [5.41, 5.74) is 14.0. The lowest BCUT2D eigenvalue weighted by atomic mass is 9.80. The van der Waals surface area contributed by atoms with Crippen molar-refractivity contribution in [3.63, 3.8) is 0 Å². The molecule has 1 aromatic heterocycles. The van der Waals surface area contributed by atoms with Crippen molar-refractivity contribution in [3.8, 4) is 55.6 Å². The maximum Gasteiger partial charge on any atom is 0.136 e. The topological polar surface area (TPSA) is 13.1 Å². The van der Waals surface area contributed by atoms with Gasteiger partial charge in [-0.1, -0.05) is 188 Å². The molecule has 11 aromatic rings. The van der Waals surface area contributed by atoms with E-state index >= 15 is 0 Å². The molecular weight excluding hydrogens is 665 g/mol. The van der Waals surface area contributed by atoms with E-state index in [1.165, 1.54) is 82.4 Å². The zero-order valence-corrected chi connectivity index (χ0v) is 30.0. The number of fused-ring (bicyclic) bond motifs is 6. The van der Waals surface area contributed by atoms with Crippen molar-refractivity contribution in [3.05, 3.63) is 206 Å². The van der Waals surface area contributed by atoms with Crippen molar-refractivity contribution >= 4 is 54.3 Å². The van der Waals surface area contributed by atoms with Crippen LogP contribution in [0.25, 0.3) is 110 Å². The fourth-order valence-electron chi connectivity index (χ4n) is 8.89. The number of para-hydroxylation sites is 1. The molecule has 11 rings (SSSR count). The van der Waals surface area contributed by atoms with E-state index in [1.54, 1.807) is 0 Å². The smallest absolute Gasteiger partial charge is 0.136 e. The van der Waals surface area contributed by atoms with Crippen molar-refractivity contribution in [1.29, 1.82) is 0 Å². The Hall–Kier alpha value is -7.22. The van der Waals surface area contributed by atoms with Crippen LogP contribution in [-0.2, 0) is 0 Å². The molecule has 0 spiro atoms. The Balaban J connectivity index is 1.20. The molecule has 0 bridgehead atoms. The van der Waals surface area contributed by atoms with Crippen molar-refractivity contribution in [2.45, 2.75) is 0 Å². The monoisotopic (exact) mass is 698 g/mol. The zero-order valence-electron chi connectivity index (χ0n) is 30.0. The molecule has 0 atom stereocenters. The highest BCUT2D eigenvalue weighted by Crippen LogP contribution is 2.50. The van der Waals surface area contributed by atoms with E-state index in [9.17, 15) is 0 Å². The van der Waals surface area contributed by atoms with Gasteiger partial charge in [-0.3, -0.25) is 0 Å². The number of furan rings is 1. The van der Waals surface area contributed by atoms with Crippen LogP contribution in [0, 0.1) is 0 Å². The van der Waals surface area contributed by atoms with Gasteiger partial charge in [0.25, 0.3) is 0 Å². The Bertz CT molecular complexity index is 3130. The van der Waals surface area contributed by atoms with Gasteiger partial charge in [-0.05, 0) is 106 Å². The van der Waals surface area contributed by atoms with Crippen LogP contribution in [0.2, 0.25) is 0 Å². The summed E-state index contributed by atoms with van der Waals surface area (Å²) in [4.78, 5) is 0. The van der Waals surface area contributed by atoms with E-state index < -0.39 is 0 Å². The molecule has 0 fully saturated rings. The Morgan fingerprint density at radius 2 is 0.673 bits per heavy atom. The van der Waals surface area contributed by atoms with E-state index in [2.05, 4.69) is 194 Å². The molecule has 55 heavy (non-hydrogen) atoms. The van der Waals surface area contributed by atoms with Crippen LogP contribution in [0.3, 0.4) is 0 Å². The third kappa shape index (κ3) is 5.01. The van der Waals surface area contributed by atoms with Gasteiger partial charge in [0.2, 0.25) is 0 Å². The number of rotatable bonds is 5. The molecule has 0 unspecified atom stereocenters. The third-order valence-electron chi connectivity index (χ3n) is 11.3. The first-order valence-corrected chi connectivity index (χ1v) is 18.9. The Kier molecular flexibility index (Phi) is 7.25. The minimum atomic E-state index is 0.907. The highest BCUT2D eigenvalue weighted by Gasteiger charge is 2.23. The lowest BCUT2D eigenvalue weighted by Crippen LogP contribution is -1.96. The summed E-state index contributed by atoms with van der Waals surface area (Å²) in [7, 11) is 0. The second-order valence-corrected chi connectivity index (χ2v) is 14.3. The van der Waals surface area contributed by atoms with Gasteiger partial charge >= 0.3 is 0 Å². The molecule has 0 aliphatic carbocycles. The summed E-state index contributed by atoms with van der Waals surface area (Å²) in [6, 6.07) is 74.8. The molecule has 1 heteroatoms. The molecule has 1 nitrogen and oxygen atoms in total. The highest BCUT2D eigenvalue weighted by molar-refractivity contribution is 6.26. The molecule has 10 aromatic carbocycles. The van der Waals surface area contributed by atoms with Crippen molar-refractivity contribution in [2.24, 2.45) is 0 Å². The largest absolute Gasteiger partial charge is 0.456 e. The Labute approximate surface area is 319 Å². The molecule has 0 radical (unpaired) electrons. The fraction of sp³-hybridized carbons (Fsp3) is 0. The summed E-state index contributed by atoms with van der Waals surface area (Å²) in [5, 5.41) is 9.67. The van der Waals surface area contributed by atoms with E-state index in [-0.39, 0.29) is 0 Å². The average molecular weight is 699 g/mol. The van der Waals surface area contributed by atoms with Gasteiger partial charge in [-0.2, -0.15) is 0 Å². The van der Waals surface area contributed by atoms with Crippen molar-refractivity contribution < 1.29 is 4.42 Å². The van der Waals surface area contributed by atoms with Crippen LogP contribution < -0.4 is 0 Å². The molecular formula is C54H34O. The molecule has 0 N–H and O–H groups in total. The Morgan fingerprint density at radius 1 is 0.218 bits per heavy atom. The van der Waals surface area contributed by atoms with Gasteiger partial charge in [0.05, 0.1) is 0 Å². The number of hydrogen-bond acceptors (Lipinski definition) is 1. The summed E-state index contributed by atoms with van der Waals surface area (Å²) in [6.45, 7) is 0. The van der Waals surface area contributed by atoms with E-state index in [0.717, 1.165) is 27.5 Å². The quantitative estimate of drug-likeness (QED) is 0.163. The van der Waals surface area contributed by atoms with Crippen LogP contribution in [0.4, 0.5) is 0 Å². The predicted molar refractivity (Wildman–Crippen MR) is 233 cm³/mol. The van der Waals surface area contributed by atoms with Gasteiger partial charge < -0.3 is 4.42 Å².